The second kappa shape index (κ2) is 7.49. The number of aromatic nitrogens is 1. The van der Waals surface area contributed by atoms with Crippen molar-refractivity contribution in [3.05, 3.63) is 75.5 Å². The number of primary amides is 1. The van der Waals surface area contributed by atoms with Crippen LogP contribution in [0.15, 0.2) is 59.4 Å². The number of hydrogen-bond acceptors (Lipinski definition) is 9. The van der Waals surface area contributed by atoms with E-state index in [0.29, 0.717) is 10.6 Å². The van der Waals surface area contributed by atoms with E-state index in [-0.39, 0.29) is 29.7 Å². The van der Waals surface area contributed by atoms with Crippen LogP contribution in [0.3, 0.4) is 0 Å². The average Bonchev–Trinajstić information content (AvgIpc) is 3.25. The second-order valence-electron chi connectivity index (χ2n) is 9.35. The van der Waals surface area contributed by atoms with E-state index in [2.05, 4.69) is 0 Å². The molecule has 1 heterocycles. The summed E-state index contributed by atoms with van der Waals surface area (Å²) in [5, 5.41) is 44.8. The van der Waals surface area contributed by atoms with Crippen LogP contribution < -0.4 is 5.73 Å². The number of nitrogens with zero attached hydrogens (tertiary/aromatic N) is 1. The molecule has 0 spiro atoms. The number of carbonyl (C=O) groups is 3. The molecule has 3 aliphatic carbocycles. The number of rotatable bonds is 2. The van der Waals surface area contributed by atoms with Crippen LogP contribution in [0, 0.1) is 11.8 Å². The number of para-hydroxylation sites is 1. The number of fused-ring (bicyclic) bond motifs is 4. The number of amides is 1. The predicted molar refractivity (Wildman–Crippen MR) is 129 cm³/mol. The summed E-state index contributed by atoms with van der Waals surface area (Å²) in [5.41, 5.74) is 2.96. The highest BCUT2D eigenvalue weighted by molar-refractivity contribution is 7.18. The third-order valence-corrected chi connectivity index (χ3v) is 8.65. The maximum absolute atomic E-state index is 13.9. The molecule has 1 saturated carbocycles. The minimum absolute atomic E-state index is 0.0269. The SMILES string of the molecule is NC(=O)C1=C(O)[C@@]2(O)C(=O)C3=C(O)c4c(O)cccc4[C@H](c4nc5ccccc5s4)C3CC2CC1=O. The third-order valence-electron chi connectivity index (χ3n) is 7.53. The highest BCUT2D eigenvalue weighted by Gasteiger charge is 2.62. The molecule has 3 aliphatic rings. The second-order valence-corrected chi connectivity index (χ2v) is 10.4. The molecule has 2 aromatic carbocycles. The molecule has 3 aromatic rings. The average molecular weight is 505 g/mol. The molecule has 10 heteroatoms. The van der Waals surface area contributed by atoms with E-state index in [0.717, 1.165) is 10.2 Å². The number of ketones is 2. The molecular weight excluding hydrogens is 484 g/mol. The number of thiazole rings is 1. The van der Waals surface area contributed by atoms with Gasteiger partial charge in [-0.1, -0.05) is 24.3 Å². The van der Waals surface area contributed by atoms with Crippen molar-refractivity contribution < 1.29 is 34.8 Å². The summed E-state index contributed by atoms with van der Waals surface area (Å²) in [4.78, 5) is 43.1. The Morgan fingerprint density at radius 2 is 1.83 bits per heavy atom. The number of nitrogens with two attached hydrogens (primary N) is 1. The van der Waals surface area contributed by atoms with Crippen LogP contribution in [0.25, 0.3) is 16.0 Å². The molecule has 1 amide bonds. The number of aliphatic hydroxyl groups excluding tert-OH is 2. The van der Waals surface area contributed by atoms with Gasteiger partial charge in [0.2, 0.25) is 5.78 Å². The molecule has 6 N–H and O–H groups in total. The smallest absolute Gasteiger partial charge is 0.255 e. The van der Waals surface area contributed by atoms with Gasteiger partial charge in [-0.2, -0.15) is 0 Å². The number of phenolic OH excluding ortho intramolecular Hbond substituents is 1. The number of phenols is 1. The summed E-state index contributed by atoms with van der Waals surface area (Å²) in [6.45, 7) is 0. The van der Waals surface area contributed by atoms with Gasteiger partial charge in [-0.15, -0.1) is 11.3 Å². The minimum atomic E-state index is -2.61. The molecule has 2 unspecified atom stereocenters. The van der Waals surface area contributed by atoms with Gasteiger partial charge in [0.05, 0.1) is 15.8 Å². The molecular formula is C26H20N2O7S. The van der Waals surface area contributed by atoms with Crippen molar-refractivity contribution in [1.82, 2.24) is 4.98 Å². The summed E-state index contributed by atoms with van der Waals surface area (Å²) in [6.07, 6.45) is -0.353. The molecule has 0 aliphatic heterocycles. The molecule has 4 atom stereocenters. The van der Waals surface area contributed by atoms with Crippen LogP contribution in [0.4, 0.5) is 0 Å². The number of carbonyl (C=O) groups excluding carboxylic acids is 3. The zero-order valence-electron chi connectivity index (χ0n) is 18.6. The minimum Gasteiger partial charge on any atom is -0.508 e. The van der Waals surface area contributed by atoms with Crippen LogP contribution in [-0.4, -0.2) is 48.5 Å². The molecule has 9 nitrogen and oxygen atoms in total. The number of hydrogen-bond donors (Lipinski definition) is 5. The van der Waals surface area contributed by atoms with Crippen molar-refractivity contribution in [2.75, 3.05) is 0 Å². The standard InChI is InChI=1S/C26H20N2O7S/c27-24(34)20-15(30)9-10-8-12-17(25-28-13-5-1-2-7-16(13)36-25)11-4-3-6-14(29)18(11)21(31)19(12)22(32)26(10,35)23(20)33/h1-7,10,12,17,29,31,33,35H,8-9H2,(H2,27,34)/t10?,12?,17-,26-/m0/s1. The number of aliphatic hydroxyl groups is 3. The summed E-state index contributed by atoms with van der Waals surface area (Å²) in [7, 11) is 0. The topological polar surface area (TPSA) is 171 Å². The first-order valence-corrected chi connectivity index (χ1v) is 12.1. The van der Waals surface area contributed by atoms with Gasteiger partial charge in [-0.05, 0) is 30.2 Å². The monoisotopic (exact) mass is 504 g/mol. The van der Waals surface area contributed by atoms with Crippen LogP contribution in [0.2, 0.25) is 0 Å². The van der Waals surface area contributed by atoms with Crippen molar-refractivity contribution in [2.45, 2.75) is 24.4 Å². The lowest BCUT2D eigenvalue weighted by molar-refractivity contribution is -0.147. The van der Waals surface area contributed by atoms with Gasteiger partial charge in [-0.25, -0.2) is 4.98 Å². The van der Waals surface area contributed by atoms with Crippen molar-refractivity contribution in [1.29, 1.82) is 0 Å². The Morgan fingerprint density at radius 1 is 1.08 bits per heavy atom. The van der Waals surface area contributed by atoms with Gasteiger partial charge in [0, 0.05) is 29.7 Å². The summed E-state index contributed by atoms with van der Waals surface area (Å²) in [5.74, 6) is -7.28. The van der Waals surface area contributed by atoms with Crippen LogP contribution >= 0.6 is 11.3 Å². The van der Waals surface area contributed by atoms with Gasteiger partial charge >= 0.3 is 0 Å². The van der Waals surface area contributed by atoms with Crippen molar-refractivity contribution in [3.8, 4) is 5.75 Å². The molecule has 0 bridgehead atoms. The zero-order chi connectivity index (χ0) is 25.5. The van der Waals surface area contributed by atoms with E-state index >= 15 is 0 Å². The highest BCUT2D eigenvalue weighted by atomic mass is 32.1. The van der Waals surface area contributed by atoms with Crippen molar-refractivity contribution in [3.63, 3.8) is 0 Å². The Morgan fingerprint density at radius 3 is 2.56 bits per heavy atom. The van der Waals surface area contributed by atoms with Gasteiger partial charge in [0.1, 0.15) is 27.8 Å². The molecule has 1 fully saturated rings. The fraction of sp³-hybridized carbons (Fsp3) is 0.231. The first kappa shape index (κ1) is 22.4. The first-order valence-electron chi connectivity index (χ1n) is 11.3. The fourth-order valence-corrected chi connectivity index (χ4v) is 7.08. The largest absolute Gasteiger partial charge is 0.508 e. The lowest BCUT2D eigenvalue weighted by atomic mass is 9.57. The van der Waals surface area contributed by atoms with Gasteiger partial charge in [-0.3, -0.25) is 14.4 Å². The first-order chi connectivity index (χ1) is 17.1. The number of Topliss-reactive ketones (excluding diaryl/α,β-unsaturated/α-hetero) is 2. The van der Waals surface area contributed by atoms with Crippen LogP contribution in [0.1, 0.15) is 34.9 Å². The summed E-state index contributed by atoms with van der Waals surface area (Å²) < 4.78 is 0.910. The van der Waals surface area contributed by atoms with Crippen LogP contribution in [0.5, 0.6) is 5.75 Å². The van der Waals surface area contributed by atoms with Crippen molar-refractivity contribution >= 4 is 44.8 Å². The Labute approximate surface area is 207 Å². The molecule has 1 aromatic heterocycles. The summed E-state index contributed by atoms with van der Waals surface area (Å²) in [6, 6.07) is 12.2. The van der Waals surface area contributed by atoms with Crippen molar-refractivity contribution in [2.24, 2.45) is 17.6 Å². The fourth-order valence-electron chi connectivity index (χ4n) is 5.93. The quantitative estimate of drug-likeness (QED) is 0.332. The number of benzene rings is 2. The van der Waals surface area contributed by atoms with E-state index in [1.54, 1.807) is 12.1 Å². The molecule has 0 radical (unpaired) electrons. The lowest BCUT2D eigenvalue weighted by Gasteiger charge is -2.47. The predicted octanol–water partition coefficient (Wildman–Crippen LogP) is 2.62. The highest BCUT2D eigenvalue weighted by Crippen LogP contribution is 2.57. The number of aromatic hydroxyl groups is 1. The van der Waals surface area contributed by atoms with E-state index in [9.17, 15) is 34.8 Å². The van der Waals surface area contributed by atoms with Crippen LogP contribution in [-0.2, 0) is 14.4 Å². The maximum Gasteiger partial charge on any atom is 0.255 e. The molecule has 0 saturated heterocycles. The van der Waals surface area contributed by atoms with E-state index in [4.69, 9.17) is 10.7 Å². The Balaban J connectivity index is 1.61. The Hall–Kier alpha value is -4.02. The van der Waals surface area contributed by atoms with E-state index in [1.165, 1.54) is 17.4 Å². The third kappa shape index (κ3) is 2.79. The van der Waals surface area contributed by atoms with Gasteiger partial charge < -0.3 is 26.2 Å². The van der Waals surface area contributed by atoms with Gasteiger partial charge in [0.25, 0.3) is 5.91 Å². The van der Waals surface area contributed by atoms with E-state index < -0.39 is 57.9 Å². The molecule has 182 valence electrons. The molecule has 6 rings (SSSR count). The molecule has 36 heavy (non-hydrogen) atoms. The zero-order valence-corrected chi connectivity index (χ0v) is 19.5. The Bertz CT molecular complexity index is 1550. The van der Waals surface area contributed by atoms with Gasteiger partial charge in [0.15, 0.2) is 11.4 Å². The maximum atomic E-state index is 13.9. The lowest BCUT2D eigenvalue weighted by Crippen LogP contribution is -2.58. The summed E-state index contributed by atoms with van der Waals surface area (Å²) >= 11 is 1.41. The Kier molecular flexibility index (Phi) is 4.67. The van der Waals surface area contributed by atoms with E-state index in [1.807, 2.05) is 24.3 Å². The normalized spacial score (nSPS) is 27.6.